The highest BCUT2D eigenvalue weighted by Crippen LogP contribution is 2.60. The number of sulfonamides is 1. The van der Waals surface area contributed by atoms with Gasteiger partial charge in [-0.2, -0.15) is 0 Å². The lowest BCUT2D eigenvalue weighted by atomic mass is 9.48. The predicted octanol–water partition coefficient (Wildman–Crippen LogP) is 6.27. The van der Waals surface area contributed by atoms with Gasteiger partial charge in [0.05, 0.1) is 11.5 Å². The van der Waals surface area contributed by atoms with Crippen molar-refractivity contribution in [2.24, 2.45) is 17.8 Å². The van der Waals surface area contributed by atoms with Crippen LogP contribution in [0.25, 0.3) is 0 Å². The van der Waals surface area contributed by atoms with E-state index in [2.05, 4.69) is 27.2 Å². The Morgan fingerprint density at radius 1 is 0.895 bits per heavy atom. The number of ether oxygens (including phenoxy) is 1. The van der Waals surface area contributed by atoms with Crippen molar-refractivity contribution in [3.8, 4) is 0 Å². The SMILES string of the molecule is CCOC(=O)c1cccc(Nc2ccc(S(=O)(=O)Nc3ccc(C45CC6CC(CC(C6)C4)C5)cc3)cc2)n1. The maximum Gasteiger partial charge on any atom is 0.356 e. The first kappa shape index (κ1) is 24.9. The summed E-state index contributed by atoms with van der Waals surface area (Å²) in [4.78, 5) is 16.4. The molecule has 0 saturated heterocycles. The average Bonchev–Trinajstić information content (AvgIpc) is 2.89. The maximum atomic E-state index is 13.1. The standard InChI is InChI=1S/C30H33N3O4S/c1-2-37-29(34)27-4-3-5-28(32-27)31-24-10-12-26(13-11-24)38(35,36)33-25-8-6-23(7-9-25)30-17-20-14-21(18-30)16-22(15-20)19-30/h3-13,20-22,33H,2,14-19H2,1H3,(H,31,32). The molecule has 4 saturated carbocycles. The number of carbonyl (C=O) groups excluding carboxylic acids is 1. The van der Waals surface area contributed by atoms with E-state index in [4.69, 9.17) is 4.74 Å². The molecular weight excluding hydrogens is 498 g/mol. The zero-order chi connectivity index (χ0) is 26.3. The van der Waals surface area contributed by atoms with Crippen LogP contribution in [-0.4, -0.2) is 26.0 Å². The molecule has 2 aromatic carbocycles. The number of nitrogens with one attached hydrogen (secondary N) is 2. The zero-order valence-corrected chi connectivity index (χ0v) is 22.3. The number of rotatable bonds is 8. The molecule has 198 valence electrons. The van der Waals surface area contributed by atoms with Gasteiger partial charge in [0.25, 0.3) is 10.0 Å². The van der Waals surface area contributed by atoms with Gasteiger partial charge in [-0.15, -0.1) is 0 Å². The van der Waals surface area contributed by atoms with E-state index in [1.54, 1.807) is 49.4 Å². The second-order valence-electron chi connectivity index (χ2n) is 11.2. The van der Waals surface area contributed by atoms with Crippen molar-refractivity contribution in [1.82, 2.24) is 4.98 Å². The van der Waals surface area contributed by atoms with Crippen LogP contribution in [-0.2, 0) is 20.2 Å². The first-order valence-electron chi connectivity index (χ1n) is 13.5. The summed E-state index contributed by atoms with van der Waals surface area (Å²) in [6, 6.07) is 19.5. The number of anilines is 3. The van der Waals surface area contributed by atoms with Crippen LogP contribution < -0.4 is 10.0 Å². The molecule has 1 heterocycles. The number of aromatic nitrogens is 1. The van der Waals surface area contributed by atoms with Gasteiger partial charge in [0.2, 0.25) is 0 Å². The Kier molecular flexibility index (Phi) is 6.38. The highest BCUT2D eigenvalue weighted by Gasteiger charge is 2.51. The van der Waals surface area contributed by atoms with Gasteiger partial charge in [-0.1, -0.05) is 18.2 Å². The monoisotopic (exact) mass is 531 g/mol. The topological polar surface area (TPSA) is 97.4 Å². The molecule has 0 radical (unpaired) electrons. The van der Waals surface area contributed by atoms with Crippen LogP contribution in [0.5, 0.6) is 0 Å². The van der Waals surface area contributed by atoms with Crippen molar-refractivity contribution >= 4 is 33.2 Å². The molecule has 2 N–H and O–H groups in total. The Labute approximate surface area is 224 Å². The lowest BCUT2D eigenvalue weighted by molar-refractivity contribution is -0.00518. The number of hydrogen-bond donors (Lipinski definition) is 2. The van der Waals surface area contributed by atoms with Gasteiger partial charge in [0, 0.05) is 11.4 Å². The average molecular weight is 532 g/mol. The van der Waals surface area contributed by atoms with Crippen LogP contribution in [0.15, 0.2) is 71.6 Å². The second-order valence-corrected chi connectivity index (χ2v) is 12.8. The van der Waals surface area contributed by atoms with Gasteiger partial charge in [0.15, 0.2) is 5.69 Å². The summed E-state index contributed by atoms with van der Waals surface area (Å²) >= 11 is 0. The second kappa shape index (κ2) is 9.73. The molecule has 0 atom stereocenters. The fraction of sp³-hybridized carbons (Fsp3) is 0.400. The molecule has 7 nitrogen and oxygen atoms in total. The molecule has 4 fully saturated rings. The molecule has 1 aromatic heterocycles. The third-order valence-corrected chi connectivity index (χ3v) is 9.86. The highest BCUT2D eigenvalue weighted by atomic mass is 32.2. The summed E-state index contributed by atoms with van der Waals surface area (Å²) in [5.41, 5.74) is 3.09. The summed E-state index contributed by atoms with van der Waals surface area (Å²) < 4.78 is 33.8. The smallest absolute Gasteiger partial charge is 0.356 e. The molecular formula is C30H33N3O4S. The molecule has 8 heteroatoms. The minimum atomic E-state index is -3.74. The van der Waals surface area contributed by atoms with Crippen LogP contribution >= 0.6 is 0 Å². The Hall–Kier alpha value is -3.39. The summed E-state index contributed by atoms with van der Waals surface area (Å²) in [5, 5.41) is 3.10. The fourth-order valence-electron chi connectivity index (χ4n) is 7.26. The molecule has 4 bridgehead atoms. The Balaban J connectivity index is 1.12. The highest BCUT2D eigenvalue weighted by molar-refractivity contribution is 7.92. The van der Waals surface area contributed by atoms with Crippen LogP contribution in [0.1, 0.15) is 61.5 Å². The Morgan fingerprint density at radius 3 is 2.11 bits per heavy atom. The molecule has 7 rings (SSSR count). The van der Waals surface area contributed by atoms with Gasteiger partial charge < -0.3 is 10.1 Å². The van der Waals surface area contributed by atoms with Gasteiger partial charge in [-0.25, -0.2) is 18.2 Å². The summed E-state index contributed by atoms with van der Waals surface area (Å²) in [6.45, 7) is 2.01. The minimum Gasteiger partial charge on any atom is -0.461 e. The molecule has 0 spiro atoms. The number of carbonyl (C=O) groups is 1. The van der Waals surface area contributed by atoms with E-state index in [0.717, 1.165) is 17.8 Å². The van der Waals surface area contributed by atoms with Gasteiger partial charge >= 0.3 is 5.97 Å². The van der Waals surface area contributed by atoms with Crippen molar-refractivity contribution in [3.63, 3.8) is 0 Å². The summed E-state index contributed by atoms with van der Waals surface area (Å²) in [5.74, 6) is 2.58. The number of esters is 1. The predicted molar refractivity (Wildman–Crippen MR) is 147 cm³/mol. The summed E-state index contributed by atoms with van der Waals surface area (Å²) in [6.07, 6.45) is 8.07. The van der Waals surface area contributed by atoms with E-state index in [1.165, 1.54) is 44.1 Å². The van der Waals surface area contributed by atoms with E-state index in [9.17, 15) is 13.2 Å². The number of pyridine rings is 1. The molecule has 4 aliphatic carbocycles. The van der Waals surface area contributed by atoms with E-state index in [-0.39, 0.29) is 17.2 Å². The number of nitrogens with zero attached hydrogens (tertiary/aromatic N) is 1. The lowest BCUT2D eigenvalue weighted by Gasteiger charge is -2.57. The van der Waals surface area contributed by atoms with Crippen molar-refractivity contribution in [1.29, 1.82) is 0 Å². The normalized spacial score (nSPS) is 25.7. The molecule has 0 aliphatic heterocycles. The van der Waals surface area contributed by atoms with Crippen molar-refractivity contribution in [2.75, 3.05) is 16.6 Å². The lowest BCUT2D eigenvalue weighted by Crippen LogP contribution is -2.48. The third-order valence-electron chi connectivity index (χ3n) is 8.46. The molecule has 0 amide bonds. The van der Waals surface area contributed by atoms with Crippen molar-refractivity contribution in [2.45, 2.75) is 55.8 Å². The van der Waals surface area contributed by atoms with E-state index in [1.807, 2.05) is 12.1 Å². The van der Waals surface area contributed by atoms with Crippen LogP contribution in [0.3, 0.4) is 0 Å². The first-order valence-corrected chi connectivity index (χ1v) is 14.9. The van der Waals surface area contributed by atoms with Crippen LogP contribution in [0.2, 0.25) is 0 Å². The van der Waals surface area contributed by atoms with Crippen LogP contribution in [0.4, 0.5) is 17.2 Å². The number of benzene rings is 2. The van der Waals surface area contributed by atoms with Crippen LogP contribution in [0, 0.1) is 17.8 Å². The van der Waals surface area contributed by atoms with Gasteiger partial charge in [-0.05, 0) is 123 Å². The third kappa shape index (κ3) is 4.89. The van der Waals surface area contributed by atoms with Crippen molar-refractivity contribution < 1.29 is 17.9 Å². The molecule has 0 unspecified atom stereocenters. The number of hydrogen-bond acceptors (Lipinski definition) is 6. The fourth-order valence-corrected chi connectivity index (χ4v) is 8.32. The largest absolute Gasteiger partial charge is 0.461 e. The molecule has 4 aliphatic rings. The minimum absolute atomic E-state index is 0.168. The maximum absolute atomic E-state index is 13.1. The molecule has 3 aromatic rings. The Morgan fingerprint density at radius 2 is 1.50 bits per heavy atom. The zero-order valence-electron chi connectivity index (χ0n) is 21.5. The van der Waals surface area contributed by atoms with E-state index < -0.39 is 16.0 Å². The Bertz CT molecular complexity index is 1400. The van der Waals surface area contributed by atoms with Gasteiger partial charge in [0.1, 0.15) is 5.82 Å². The quantitative estimate of drug-likeness (QED) is 0.333. The van der Waals surface area contributed by atoms with E-state index in [0.29, 0.717) is 22.6 Å². The van der Waals surface area contributed by atoms with Gasteiger partial charge in [-0.3, -0.25) is 4.72 Å². The first-order chi connectivity index (χ1) is 18.3. The summed E-state index contributed by atoms with van der Waals surface area (Å²) in [7, 11) is -3.74. The van der Waals surface area contributed by atoms with E-state index >= 15 is 0 Å². The molecule has 38 heavy (non-hydrogen) atoms. The van der Waals surface area contributed by atoms with Crippen molar-refractivity contribution in [3.05, 3.63) is 78.0 Å².